The molecule has 4 rings (SSSR count). The predicted molar refractivity (Wildman–Crippen MR) is 107 cm³/mol. The van der Waals surface area contributed by atoms with Crippen molar-refractivity contribution in [3.8, 4) is 17.0 Å². The molecule has 7 nitrogen and oxygen atoms in total. The van der Waals surface area contributed by atoms with E-state index in [4.69, 9.17) is 0 Å². The van der Waals surface area contributed by atoms with Gasteiger partial charge < -0.3 is 20.2 Å². The normalized spacial score (nSPS) is 14.8. The van der Waals surface area contributed by atoms with E-state index in [0.29, 0.717) is 17.7 Å². The number of rotatable bonds is 5. The van der Waals surface area contributed by atoms with Crippen LogP contribution in [0.4, 0.5) is 0 Å². The summed E-state index contributed by atoms with van der Waals surface area (Å²) in [5, 5.41) is 20.6. The quantitative estimate of drug-likeness (QED) is 0.543. The van der Waals surface area contributed by atoms with Gasteiger partial charge in [0.25, 0.3) is 5.56 Å². The number of fused-ring (bicyclic) bond motifs is 1. The molecular weight excluding hydrogens is 358 g/mol. The number of aromatic hydroxyl groups is 1. The third-order valence-corrected chi connectivity index (χ3v) is 5.42. The number of hydrogen-bond donors (Lipinski definition) is 4. The summed E-state index contributed by atoms with van der Waals surface area (Å²) in [6, 6.07) is 7.86. The van der Waals surface area contributed by atoms with Crippen LogP contribution in [0.1, 0.15) is 41.4 Å². The van der Waals surface area contributed by atoms with Gasteiger partial charge in [0, 0.05) is 28.7 Å². The van der Waals surface area contributed by atoms with Gasteiger partial charge in [-0.1, -0.05) is 13.0 Å². The molecule has 3 heterocycles. The number of carboxylic acids is 1. The van der Waals surface area contributed by atoms with Crippen LogP contribution in [-0.2, 0) is 13.0 Å². The van der Waals surface area contributed by atoms with Gasteiger partial charge in [-0.15, -0.1) is 0 Å². The number of benzene rings is 1. The molecule has 3 aromatic rings. The van der Waals surface area contributed by atoms with Gasteiger partial charge in [-0.05, 0) is 56.1 Å². The van der Waals surface area contributed by atoms with Crippen LogP contribution < -0.4 is 5.56 Å². The molecule has 0 radical (unpaired) electrons. The van der Waals surface area contributed by atoms with Gasteiger partial charge in [-0.2, -0.15) is 0 Å². The molecule has 1 aliphatic rings. The first-order valence-corrected chi connectivity index (χ1v) is 9.53. The maximum atomic E-state index is 12.2. The largest absolute Gasteiger partial charge is 0.506 e. The van der Waals surface area contributed by atoms with Gasteiger partial charge in [-0.3, -0.25) is 9.69 Å². The number of aromatic amines is 2. The molecule has 1 saturated heterocycles. The van der Waals surface area contributed by atoms with Crippen molar-refractivity contribution in [1.29, 1.82) is 0 Å². The van der Waals surface area contributed by atoms with E-state index in [1.165, 1.54) is 12.8 Å². The minimum Gasteiger partial charge on any atom is -0.506 e. The Morgan fingerprint density at radius 3 is 2.61 bits per heavy atom. The van der Waals surface area contributed by atoms with Crippen LogP contribution in [0.25, 0.3) is 22.2 Å². The first-order chi connectivity index (χ1) is 13.5. The molecule has 7 heteroatoms. The molecule has 0 saturated carbocycles. The molecule has 0 bridgehead atoms. The molecule has 1 aliphatic heterocycles. The van der Waals surface area contributed by atoms with Gasteiger partial charge in [0.15, 0.2) is 5.56 Å². The summed E-state index contributed by atoms with van der Waals surface area (Å²) in [5.41, 5.74) is 2.34. The molecule has 1 aromatic carbocycles. The van der Waals surface area contributed by atoms with E-state index in [1.54, 1.807) is 0 Å². The first-order valence-electron chi connectivity index (χ1n) is 9.53. The maximum absolute atomic E-state index is 12.2. The van der Waals surface area contributed by atoms with Crippen LogP contribution >= 0.6 is 0 Å². The molecule has 0 atom stereocenters. The van der Waals surface area contributed by atoms with Gasteiger partial charge in [0.05, 0.1) is 5.69 Å². The average molecular weight is 381 g/mol. The van der Waals surface area contributed by atoms with Crippen molar-refractivity contribution >= 4 is 16.9 Å². The van der Waals surface area contributed by atoms with Crippen molar-refractivity contribution in [2.45, 2.75) is 32.7 Å². The number of H-pyrrole nitrogens is 2. The minimum atomic E-state index is -1.44. The first kappa shape index (κ1) is 18.3. The van der Waals surface area contributed by atoms with E-state index >= 15 is 0 Å². The van der Waals surface area contributed by atoms with Crippen LogP contribution in [0.5, 0.6) is 5.75 Å². The highest BCUT2D eigenvalue weighted by molar-refractivity contribution is 5.92. The van der Waals surface area contributed by atoms with Crippen LogP contribution in [0, 0.1) is 0 Å². The highest BCUT2D eigenvalue weighted by Gasteiger charge is 2.22. The lowest BCUT2D eigenvalue weighted by Crippen LogP contribution is -2.20. The van der Waals surface area contributed by atoms with E-state index in [2.05, 4.69) is 20.9 Å². The topological polar surface area (TPSA) is 109 Å². The fraction of sp³-hybridized carbons (Fsp3) is 0.333. The highest BCUT2D eigenvalue weighted by atomic mass is 16.4. The summed E-state index contributed by atoms with van der Waals surface area (Å²) in [6.45, 7) is 4.94. The Labute approximate surface area is 161 Å². The number of aromatic carboxylic acids is 1. The SMILES string of the molecule is CCc1c(-c2ccc3[nH]c(CN4CCCC4)cc3c2)[nH]c(=O)c(C(=O)O)c1O. The number of carboxylic acid groups (broad SMARTS) is 1. The molecule has 1 fully saturated rings. The van der Waals surface area contributed by atoms with Crippen molar-refractivity contribution in [3.63, 3.8) is 0 Å². The number of likely N-dealkylation sites (tertiary alicyclic amines) is 1. The molecule has 146 valence electrons. The number of nitrogens with zero attached hydrogens (tertiary/aromatic N) is 1. The molecule has 28 heavy (non-hydrogen) atoms. The van der Waals surface area contributed by atoms with Crippen molar-refractivity contribution in [1.82, 2.24) is 14.9 Å². The van der Waals surface area contributed by atoms with Gasteiger partial charge in [-0.25, -0.2) is 4.79 Å². The fourth-order valence-corrected chi connectivity index (χ4v) is 4.03. The Hall–Kier alpha value is -3.06. The van der Waals surface area contributed by atoms with E-state index in [0.717, 1.165) is 41.8 Å². The number of nitrogens with one attached hydrogen (secondary N) is 2. The van der Waals surface area contributed by atoms with Gasteiger partial charge in [0.1, 0.15) is 5.75 Å². The summed E-state index contributed by atoms with van der Waals surface area (Å²) < 4.78 is 0. The zero-order valence-corrected chi connectivity index (χ0v) is 15.7. The molecule has 2 aromatic heterocycles. The zero-order valence-electron chi connectivity index (χ0n) is 15.7. The second kappa shape index (κ2) is 7.16. The summed E-state index contributed by atoms with van der Waals surface area (Å²) in [7, 11) is 0. The Morgan fingerprint density at radius 1 is 1.18 bits per heavy atom. The van der Waals surface area contributed by atoms with Gasteiger partial charge >= 0.3 is 5.97 Å². The Bertz CT molecular complexity index is 1110. The van der Waals surface area contributed by atoms with Crippen molar-refractivity contribution in [2.75, 3.05) is 13.1 Å². The molecule has 0 aliphatic carbocycles. The van der Waals surface area contributed by atoms with Crippen LogP contribution in [-0.4, -0.2) is 44.1 Å². The second-order valence-corrected chi connectivity index (χ2v) is 7.27. The molecule has 4 N–H and O–H groups in total. The van der Waals surface area contributed by atoms with E-state index in [-0.39, 0.29) is 0 Å². The minimum absolute atomic E-state index is 0.392. The van der Waals surface area contributed by atoms with E-state index in [1.807, 2.05) is 25.1 Å². The van der Waals surface area contributed by atoms with Crippen molar-refractivity contribution < 1.29 is 15.0 Å². The van der Waals surface area contributed by atoms with Crippen molar-refractivity contribution in [3.05, 3.63) is 51.4 Å². The number of aromatic nitrogens is 2. The van der Waals surface area contributed by atoms with Crippen molar-refractivity contribution in [2.24, 2.45) is 0 Å². The number of pyridine rings is 1. The lowest BCUT2D eigenvalue weighted by Gasteiger charge is -2.12. The maximum Gasteiger partial charge on any atom is 0.345 e. The fourth-order valence-electron chi connectivity index (χ4n) is 4.03. The highest BCUT2D eigenvalue weighted by Crippen LogP contribution is 2.32. The average Bonchev–Trinajstić information content (AvgIpc) is 3.29. The summed E-state index contributed by atoms with van der Waals surface area (Å²) >= 11 is 0. The third-order valence-electron chi connectivity index (χ3n) is 5.42. The monoisotopic (exact) mass is 381 g/mol. The molecular formula is C21H23N3O4. The lowest BCUT2D eigenvalue weighted by atomic mass is 9.99. The smallest absolute Gasteiger partial charge is 0.345 e. The van der Waals surface area contributed by atoms with Gasteiger partial charge in [0.2, 0.25) is 0 Å². The second-order valence-electron chi connectivity index (χ2n) is 7.27. The third kappa shape index (κ3) is 3.18. The number of carbonyl (C=O) groups is 1. The van der Waals surface area contributed by atoms with Crippen LogP contribution in [0.2, 0.25) is 0 Å². The summed E-state index contributed by atoms with van der Waals surface area (Å²) in [4.78, 5) is 32.0. The Kier molecular flexibility index (Phi) is 4.68. The molecule has 0 spiro atoms. The van der Waals surface area contributed by atoms with Crippen LogP contribution in [0.15, 0.2) is 29.1 Å². The number of hydrogen-bond acceptors (Lipinski definition) is 4. The Balaban J connectivity index is 1.76. The standard InChI is InChI=1S/C21H23N3O4/c1-2-15-18(23-20(26)17(19(15)25)21(27)28)12-5-6-16-13(9-12)10-14(22-16)11-24-7-3-4-8-24/h5-6,9-10,22H,2-4,7-8,11H2,1H3,(H,27,28)(H2,23,25,26). The van der Waals surface area contributed by atoms with E-state index < -0.39 is 22.8 Å². The molecule has 0 unspecified atom stereocenters. The Morgan fingerprint density at radius 2 is 1.93 bits per heavy atom. The summed E-state index contributed by atoms with van der Waals surface area (Å²) in [6.07, 6.45) is 2.88. The lowest BCUT2D eigenvalue weighted by molar-refractivity contribution is 0.0691. The van der Waals surface area contributed by atoms with E-state index in [9.17, 15) is 19.8 Å². The van der Waals surface area contributed by atoms with Crippen LogP contribution in [0.3, 0.4) is 0 Å². The molecule has 0 amide bonds. The summed E-state index contributed by atoms with van der Waals surface area (Å²) in [5.74, 6) is -1.90. The zero-order chi connectivity index (χ0) is 19.8. The predicted octanol–water partition coefficient (Wildman–Crippen LogP) is 3.09.